The van der Waals surface area contributed by atoms with Gasteiger partial charge in [0.25, 0.3) is 5.56 Å². The molecule has 96 valence electrons. The van der Waals surface area contributed by atoms with Crippen LogP contribution < -0.4 is 10.3 Å². The highest BCUT2D eigenvalue weighted by Gasteiger charge is 2.08. The first-order valence-electron chi connectivity index (χ1n) is 6.18. The van der Waals surface area contributed by atoms with E-state index in [9.17, 15) is 4.79 Å². The Balaban J connectivity index is 1.97. The van der Waals surface area contributed by atoms with Crippen molar-refractivity contribution in [1.82, 2.24) is 9.78 Å². The van der Waals surface area contributed by atoms with Crippen molar-refractivity contribution in [1.29, 1.82) is 0 Å². The van der Waals surface area contributed by atoms with Crippen LogP contribution >= 0.6 is 0 Å². The van der Waals surface area contributed by atoms with Gasteiger partial charge < -0.3 is 4.74 Å². The summed E-state index contributed by atoms with van der Waals surface area (Å²) in [5.74, 6) is 0.824. The smallest absolute Gasteiger partial charge is 0.270 e. The molecule has 0 saturated carbocycles. The summed E-state index contributed by atoms with van der Waals surface area (Å²) in [6, 6.07) is 9.60. The molecule has 0 atom stereocenters. The van der Waals surface area contributed by atoms with Gasteiger partial charge in [0, 0.05) is 11.3 Å². The van der Waals surface area contributed by atoms with Crippen molar-refractivity contribution in [2.75, 3.05) is 6.61 Å². The van der Waals surface area contributed by atoms with E-state index in [-0.39, 0.29) is 5.56 Å². The van der Waals surface area contributed by atoms with Gasteiger partial charge >= 0.3 is 0 Å². The first-order chi connectivity index (χ1) is 8.72. The van der Waals surface area contributed by atoms with Gasteiger partial charge in [-0.15, -0.1) is 0 Å². The van der Waals surface area contributed by atoms with Crippen LogP contribution in [0.3, 0.4) is 0 Å². The Bertz CT molecular complexity index is 555. The van der Waals surface area contributed by atoms with Gasteiger partial charge in [0.05, 0.1) is 6.54 Å². The Labute approximate surface area is 106 Å². The van der Waals surface area contributed by atoms with E-state index in [4.69, 9.17) is 4.74 Å². The molecule has 4 heteroatoms. The number of rotatable bonds is 5. The van der Waals surface area contributed by atoms with E-state index in [0.717, 1.165) is 23.4 Å². The summed E-state index contributed by atoms with van der Waals surface area (Å²) in [5, 5.41) is 3.07. The van der Waals surface area contributed by atoms with Gasteiger partial charge in [0.1, 0.15) is 12.4 Å². The van der Waals surface area contributed by atoms with Crippen molar-refractivity contribution in [3.05, 3.63) is 51.9 Å². The Morgan fingerprint density at radius 1 is 1.28 bits per heavy atom. The molecule has 2 aromatic rings. The third kappa shape index (κ3) is 2.64. The number of aryl methyl sites for hydroxylation is 1. The van der Waals surface area contributed by atoms with Crippen LogP contribution in [0.1, 0.15) is 18.2 Å². The fourth-order valence-electron chi connectivity index (χ4n) is 1.99. The molecule has 0 bridgehead atoms. The maximum Gasteiger partial charge on any atom is 0.270 e. The fraction of sp³-hybridized carbons (Fsp3) is 0.357. The largest absolute Gasteiger partial charge is 0.492 e. The van der Waals surface area contributed by atoms with Crippen molar-refractivity contribution in [3.63, 3.8) is 0 Å². The van der Waals surface area contributed by atoms with E-state index in [1.54, 1.807) is 4.68 Å². The van der Waals surface area contributed by atoms with Gasteiger partial charge in [-0.3, -0.25) is 9.89 Å². The van der Waals surface area contributed by atoms with Crippen LogP contribution in [-0.2, 0) is 13.0 Å². The summed E-state index contributed by atoms with van der Waals surface area (Å²) >= 11 is 0. The SMILES string of the molecule is CCc1c(C)[nH]n(CCOc2ccccc2)c1=O. The third-order valence-corrected chi connectivity index (χ3v) is 2.94. The molecule has 0 aliphatic carbocycles. The number of nitrogens with one attached hydrogen (secondary N) is 1. The lowest BCUT2D eigenvalue weighted by Gasteiger charge is -2.05. The number of aromatic nitrogens is 2. The van der Waals surface area contributed by atoms with Crippen molar-refractivity contribution in [2.24, 2.45) is 0 Å². The van der Waals surface area contributed by atoms with Gasteiger partial charge in [-0.25, -0.2) is 4.68 Å². The summed E-state index contributed by atoms with van der Waals surface area (Å²) in [6.07, 6.45) is 0.758. The number of hydrogen-bond acceptors (Lipinski definition) is 2. The molecule has 18 heavy (non-hydrogen) atoms. The average Bonchev–Trinajstić information content (AvgIpc) is 2.65. The summed E-state index contributed by atoms with van der Waals surface area (Å²) in [4.78, 5) is 11.9. The highest BCUT2D eigenvalue weighted by molar-refractivity contribution is 5.20. The van der Waals surface area contributed by atoms with E-state index >= 15 is 0 Å². The van der Waals surface area contributed by atoms with Gasteiger partial charge in [-0.2, -0.15) is 0 Å². The molecule has 1 heterocycles. The van der Waals surface area contributed by atoms with E-state index < -0.39 is 0 Å². The maximum absolute atomic E-state index is 11.9. The molecular formula is C14H18N2O2. The molecule has 0 amide bonds. The van der Waals surface area contributed by atoms with E-state index in [0.29, 0.717) is 13.2 Å². The van der Waals surface area contributed by atoms with Crippen LogP contribution in [-0.4, -0.2) is 16.4 Å². The molecule has 1 aromatic heterocycles. The molecule has 0 unspecified atom stereocenters. The quantitative estimate of drug-likeness (QED) is 0.878. The second-order valence-electron chi connectivity index (χ2n) is 4.19. The molecular weight excluding hydrogens is 228 g/mol. The standard InChI is InChI=1S/C14H18N2O2/c1-3-13-11(2)15-16(14(13)17)9-10-18-12-7-5-4-6-8-12/h4-8,15H,3,9-10H2,1-2H3. The highest BCUT2D eigenvalue weighted by atomic mass is 16.5. The number of benzene rings is 1. The third-order valence-electron chi connectivity index (χ3n) is 2.94. The molecule has 1 aromatic carbocycles. The molecule has 4 nitrogen and oxygen atoms in total. The molecule has 0 aliphatic rings. The fourth-order valence-corrected chi connectivity index (χ4v) is 1.99. The summed E-state index contributed by atoms with van der Waals surface area (Å²) in [5.41, 5.74) is 1.86. The van der Waals surface area contributed by atoms with E-state index in [1.807, 2.05) is 44.2 Å². The Hall–Kier alpha value is -1.97. The van der Waals surface area contributed by atoms with Gasteiger partial charge in [-0.05, 0) is 25.5 Å². The predicted octanol–water partition coefficient (Wildman–Crippen LogP) is 2.13. The zero-order valence-electron chi connectivity index (χ0n) is 10.8. The van der Waals surface area contributed by atoms with Crippen LogP contribution in [0.2, 0.25) is 0 Å². The number of hydrogen-bond donors (Lipinski definition) is 1. The summed E-state index contributed by atoms with van der Waals surface area (Å²) in [7, 11) is 0. The van der Waals surface area contributed by atoms with Crippen molar-refractivity contribution >= 4 is 0 Å². The Kier molecular flexibility index (Phi) is 3.87. The summed E-state index contributed by atoms with van der Waals surface area (Å²) < 4.78 is 7.18. The zero-order chi connectivity index (χ0) is 13.0. The van der Waals surface area contributed by atoms with E-state index in [2.05, 4.69) is 5.10 Å². The number of ether oxygens (including phenoxy) is 1. The van der Waals surface area contributed by atoms with Crippen LogP contribution in [0.15, 0.2) is 35.1 Å². The van der Waals surface area contributed by atoms with E-state index in [1.165, 1.54) is 0 Å². The Morgan fingerprint density at radius 3 is 2.61 bits per heavy atom. The van der Waals surface area contributed by atoms with Crippen LogP contribution in [0.5, 0.6) is 5.75 Å². The molecule has 0 radical (unpaired) electrons. The van der Waals surface area contributed by atoms with Gasteiger partial charge in [0.2, 0.25) is 0 Å². The second-order valence-corrected chi connectivity index (χ2v) is 4.19. The first kappa shape index (κ1) is 12.5. The number of nitrogens with zero attached hydrogens (tertiary/aromatic N) is 1. The number of H-pyrrole nitrogens is 1. The minimum absolute atomic E-state index is 0.0617. The highest BCUT2D eigenvalue weighted by Crippen LogP contribution is 2.08. The van der Waals surface area contributed by atoms with Crippen LogP contribution in [0.4, 0.5) is 0 Å². The first-order valence-corrected chi connectivity index (χ1v) is 6.18. The summed E-state index contributed by atoms with van der Waals surface area (Å²) in [6.45, 7) is 4.93. The lowest BCUT2D eigenvalue weighted by molar-refractivity contribution is 0.289. The minimum Gasteiger partial charge on any atom is -0.492 e. The number of aromatic amines is 1. The number of para-hydroxylation sites is 1. The average molecular weight is 246 g/mol. The lowest BCUT2D eigenvalue weighted by atomic mass is 10.2. The molecule has 2 rings (SSSR count). The predicted molar refractivity (Wildman–Crippen MR) is 71.1 cm³/mol. The topological polar surface area (TPSA) is 47.0 Å². The van der Waals surface area contributed by atoms with Crippen LogP contribution in [0, 0.1) is 6.92 Å². The lowest BCUT2D eigenvalue weighted by Crippen LogP contribution is -2.22. The van der Waals surface area contributed by atoms with Crippen LogP contribution in [0.25, 0.3) is 0 Å². The molecule has 1 N–H and O–H groups in total. The second kappa shape index (κ2) is 5.58. The van der Waals surface area contributed by atoms with Crippen molar-refractivity contribution in [2.45, 2.75) is 26.8 Å². The zero-order valence-corrected chi connectivity index (χ0v) is 10.8. The molecule has 0 spiro atoms. The van der Waals surface area contributed by atoms with Gasteiger partial charge in [-0.1, -0.05) is 25.1 Å². The maximum atomic E-state index is 11.9. The Morgan fingerprint density at radius 2 is 2.00 bits per heavy atom. The molecule has 0 saturated heterocycles. The molecule has 0 aliphatic heterocycles. The minimum atomic E-state index is 0.0617. The molecule has 0 fully saturated rings. The van der Waals surface area contributed by atoms with Crippen molar-refractivity contribution in [3.8, 4) is 5.75 Å². The van der Waals surface area contributed by atoms with Gasteiger partial charge in [0.15, 0.2) is 0 Å². The van der Waals surface area contributed by atoms with Crippen molar-refractivity contribution < 1.29 is 4.74 Å². The normalized spacial score (nSPS) is 10.6. The monoisotopic (exact) mass is 246 g/mol.